The maximum absolute atomic E-state index is 9.56. The monoisotopic (exact) mass is 181 g/mol. The number of hydrogen-bond acceptors (Lipinski definition) is 3. The molecule has 0 heterocycles. The van der Waals surface area contributed by atoms with Crippen molar-refractivity contribution < 1.29 is 9.84 Å². The fourth-order valence-electron chi connectivity index (χ4n) is 1.34. The number of ether oxygens (including phenoxy) is 1. The first kappa shape index (κ1) is 10.0. The van der Waals surface area contributed by atoms with Crippen LogP contribution < -0.4 is 10.5 Å². The van der Waals surface area contributed by atoms with E-state index in [0.717, 1.165) is 16.9 Å². The Labute approximate surface area is 78.1 Å². The van der Waals surface area contributed by atoms with E-state index in [4.69, 9.17) is 10.5 Å². The summed E-state index contributed by atoms with van der Waals surface area (Å²) in [5, 5.41) is 9.56. The highest BCUT2D eigenvalue weighted by Gasteiger charge is 2.12. The minimum absolute atomic E-state index is 0.208. The molecule has 0 amide bonds. The van der Waals surface area contributed by atoms with Crippen molar-refractivity contribution in [2.45, 2.75) is 13.0 Å². The lowest BCUT2D eigenvalue weighted by Gasteiger charge is -2.14. The average Bonchev–Trinajstić information content (AvgIpc) is 2.16. The minimum Gasteiger partial charge on any atom is -0.496 e. The summed E-state index contributed by atoms with van der Waals surface area (Å²) < 4.78 is 5.18. The summed E-state index contributed by atoms with van der Waals surface area (Å²) >= 11 is 0. The van der Waals surface area contributed by atoms with Gasteiger partial charge in [-0.1, -0.05) is 18.2 Å². The van der Waals surface area contributed by atoms with Gasteiger partial charge in [0.1, 0.15) is 5.75 Å². The van der Waals surface area contributed by atoms with Crippen molar-refractivity contribution in [3.05, 3.63) is 29.3 Å². The van der Waals surface area contributed by atoms with Crippen LogP contribution in [0.15, 0.2) is 18.2 Å². The van der Waals surface area contributed by atoms with Crippen molar-refractivity contribution in [3.8, 4) is 5.75 Å². The summed E-state index contributed by atoms with van der Waals surface area (Å²) in [4.78, 5) is 0. The fourth-order valence-corrected chi connectivity index (χ4v) is 1.34. The van der Waals surface area contributed by atoms with Gasteiger partial charge in [-0.3, -0.25) is 0 Å². The predicted molar refractivity (Wildman–Crippen MR) is 51.7 cm³/mol. The van der Waals surface area contributed by atoms with E-state index in [1.54, 1.807) is 7.11 Å². The van der Waals surface area contributed by atoms with Gasteiger partial charge >= 0.3 is 0 Å². The highest BCUT2D eigenvalue weighted by atomic mass is 16.5. The molecule has 1 atom stereocenters. The van der Waals surface area contributed by atoms with E-state index in [9.17, 15) is 5.11 Å². The van der Waals surface area contributed by atoms with Gasteiger partial charge in [0.05, 0.1) is 13.2 Å². The standard InChI is InChI=1S/C10H15NO2/c1-7-4-3-5-8(9(12)6-11)10(7)13-2/h3-5,9,12H,6,11H2,1-2H3/t9-/m1/s1. The van der Waals surface area contributed by atoms with Crippen molar-refractivity contribution in [2.24, 2.45) is 5.73 Å². The minimum atomic E-state index is -0.644. The van der Waals surface area contributed by atoms with E-state index in [0.29, 0.717) is 0 Å². The van der Waals surface area contributed by atoms with Crippen molar-refractivity contribution in [3.63, 3.8) is 0 Å². The second-order valence-corrected chi connectivity index (χ2v) is 2.95. The third-order valence-corrected chi connectivity index (χ3v) is 2.03. The average molecular weight is 181 g/mol. The van der Waals surface area contributed by atoms with Crippen LogP contribution in [-0.2, 0) is 0 Å². The first-order valence-corrected chi connectivity index (χ1v) is 4.22. The Kier molecular flexibility index (Phi) is 3.28. The summed E-state index contributed by atoms with van der Waals surface area (Å²) in [6, 6.07) is 5.64. The molecule has 1 rings (SSSR count). The smallest absolute Gasteiger partial charge is 0.127 e. The van der Waals surface area contributed by atoms with Crippen LogP contribution in [0.2, 0.25) is 0 Å². The number of rotatable bonds is 3. The van der Waals surface area contributed by atoms with Gasteiger partial charge in [-0.25, -0.2) is 0 Å². The van der Waals surface area contributed by atoms with Gasteiger partial charge in [-0.2, -0.15) is 0 Å². The lowest BCUT2D eigenvalue weighted by Crippen LogP contribution is -2.12. The number of aliphatic hydroxyl groups is 1. The van der Waals surface area contributed by atoms with E-state index >= 15 is 0 Å². The summed E-state index contributed by atoms with van der Waals surface area (Å²) in [5.41, 5.74) is 7.13. The molecule has 0 fully saturated rings. The number of nitrogens with two attached hydrogens (primary N) is 1. The summed E-state index contributed by atoms with van der Waals surface area (Å²) in [7, 11) is 1.59. The van der Waals surface area contributed by atoms with Crippen LogP contribution >= 0.6 is 0 Å². The molecule has 0 aromatic heterocycles. The second kappa shape index (κ2) is 4.25. The predicted octanol–water partition coefficient (Wildman–Crippen LogP) is 0.996. The van der Waals surface area contributed by atoms with Crippen LogP contribution in [0.3, 0.4) is 0 Å². The molecule has 0 aliphatic carbocycles. The molecule has 13 heavy (non-hydrogen) atoms. The van der Waals surface area contributed by atoms with Crippen molar-refractivity contribution in [1.82, 2.24) is 0 Å². The molecule has 1 aromatic carbocycles. The molecule has 0 saturated heterocycles. The largest absolute Gasteiger partial charge is 0.496 e. The molecule has 0 aliphatic rings. The quantitative estimate of drug-likeness (QED) is 0.731. The van der Waals surface area contributed by atoms with E-state index < -0.39 is 6.10 Å². The highest BCUT2D eigenvalue weighted by Crippen LogP contribution is 2.27. The number of aryl methyl sites for hydroxylation is 1. The molecule has 3 N–H and O–H groups in total. The molecule has 0 spiro atoms. The van der Waals surface area contributed by atoms with E-state index in [2.05, 4.69) is 0 Å². The Bertz CT molecular complexity index is 286. The third kappa shape index (κ3) is 1.99. The molecule has 3 heteroatoms. The summed E-state index contributed by atoms with van der Waals surface area (Å²) in [5.74, 6) is 0.723. The summed E-state index contributed by atoms with van der Waals surface area (Å²) in [6.07, 6.45) is -0.644. The Hall–Kier alpha value is -1.06. The van der Waals surface area contributed by atoms with Crippen LogP contribution in [-0.4, -0.2) is 18.8 Å². The zero-order chi connectivity index (χ0) is 9.84. The number of benzene rings is 1. The lowest BCUT2D eigenvalue weighted by atomic mass is 10.0. The van der Waals surface area contributed by atoms with Gasteiger partial charge in [0.25, 0.3) is 0 Å². The van der Waals surface area contributed by atoms with Gasteiger partial charge < -0.3 is 15.6 Å². The van der Waals surface area contributed by atoms with E-state index in [-0.39, 0.29) is 6.54 Å². The fraction of sp³-hybridized carbons (Fsp3) is 0.400. The Morgan fingerprint density at radius 2 is 2.23 bits per heavy atom. The number of hydrogen-bond donors (Lipinski definition) is 2. The molecule has 0 saturated carbocycles. The van der Waals surface area contributed by atoms with Gasteiger partial charge in [0, 0.05) is 12.1 Å². The van der Waals surface area contributed by atoms with Gasteiger partial charge in [0.2, 0.25) is 0 Å². The van der Waals surface area contributed by atoms with Gasteiger partial charge in [0.15, 0.2) is 0 Å². The molecule has 0 aliphatic heterocycles. The maximum atomic E-state index is 9.56. The zero-order valence-electron chi connectivity index (χ0n) is 7.95. The topological polar surface area (TPSA) is 55.5 Å². The second-order valence-electron chi connectivity index (χ2n) is 2.95. The first-order valence-electron chi connectivity index (χ1n) is 4.22. The van der Waals surface area contributed by atoms with E-state index in [1.165, 1.54) is 0 Å². The first-order chi connectivity index (χ1) is 6.20. The Morgan fingerprint density at radius 3 is 2.77 bits per heavy atom. The van der Waals surface area contributed by atoms with Crippen LogP contribution in [0.5, 0.6) is 5.75 Å². The van der Waals surface area contributed by atoms with Crippen molar-refractivity contribution in [1.29, 1.82) is 0 Å². The summed E-state index contributed by atoms with van der Waals surface area (Å²) in [6.45, 7) is 2.14. The van der Waals surface area contributed by atoms with E-state index in [1.807, 2.05) is 25.1 Å². The Morgan fingerprint density at radius 1 is 1.54 bits per heavy atom. The maximum Gasteiger partial charge on any atom is 0.127 e. The number of para-hydroxylation sites is 1. The molecule has 0 bridgehead atoms. The van der Waals surface area contributed by atoms with Crippen LogP contribution in [0.25, 0.3) is 0 Å². The molecular formula is C10H15NO2. The third-order valence-electron chi connectivity index (χ3n) is 2.03. The normalized spacial score (nSPS) is 12.6. The van der Waals surface area contributed by atoms with Gasteiger partial charge in [-0.15, -0.1) is 0 Å². The number of methoxy groups -OCH3 is 1. The lowest BCUT2D eigenvalue weighted by molar-refractivity contribution is 0.182. The molecular weight excluding hydrogens is 166 g/mol. The Balaban J connectivity index is 3.12. The highest BCUT2D eigenvalue weighted by molar-refractivity contribution is 5.42. The van der Waals surface area contributed by atoms with Crippen molar-refractivity contribution >= 4 is 0 Å². The SMILES string of the molecule is COc1c(C)cccc1[C@H](O)CN. The van der Waals surface area contributed by atoms with Gasteiger partial charge in [-0.05, 0) is 12.5 Å². The number of aliphatic hydroxyl groups excluding tert-OH is 1. The molecule has 1 aromatic rings. The van der Waals surface area contributed by atoms with Crippen LogP contribution in [0.4, 0.5) is 0 Å². The zero-order valence-corrected chi connectivity index (χ0v) is 7.95. The molecule has 0 unspecified atom stereocenters. The molecule has 3 nitrogen and oxygen atoms in total. The molecule has 72 valence electrons. The van der Waals surface area contributed by atoms with Crippen LogP contribution in [0, 0.1) is 6.92 Å². The molecule has 0 radical (unpaired) electrons. The van der Waals surface area contributed by atoms with Crippen molar-refractivity contribution in [2.75, 3.05) is 13.7 Å². The van der Waals surface area contributed by atoms with Crippen LogP contribution in [0.1, 0.15) is 17.2 Å².